The Kier molecular flexibility index (Phi) is 8.17. The molecule has 5 nitrogen and oxygen atoms in total. The smallest absolute Gasteiger partial charge is 0.323 e. The van der Waals surface area contributed by atoms with E-state index in [0.29, 0.717) is 18.2 Å². The van der Waals surface area contributed by atoms with Crippen LogP contribution in [-0.2, 0) is 14.3 Å². The van der Waals surface area contributed by atoms with Crippen LogP contribution in [0.1, 0.15) is 83.3 Å². The third-order valence-corrected chi connectivity index (χ3v) is 7.78. The molecule has 2 saturated carbocycles. The third kappa shape index (κ3) is 6.18. The average molecular weight is 436 g/mol. The van der Waals surface area contributed by atoms with Gasteiger partial charge in [-0.15, -0.1) is 0 Å². The van der Waals surface area contributed by atoms with E-state index in [-0.39, 0.29) is 12.1 Å². The molecule has 1 N–H and O–H groups in total. The van der Waals surface area contributed by atoms with E-state index >= 15 is 0 Å². The molecule has 6 heteroatoms. The van der Waals surface area contributed by atoms with E-state index in [1.807, 2.05) is 20.8 Å². The number of hydrogen-bond acceptors (Lipinski definition) is 5. The largest absolute Gasteiger partial charge is 0.462 e. The zero-order valence-corrected chi connectivity index (χ0v) is 20.2. The van der Waals surface area contributed by atoms with E-state index in [4.69, 9.17) is 14.0 Å². The molecule has 0 saturated heterocycles. The third-order valence-electron chi connectivity index (χ3n) is 6.21. The number of carbonyl (C=O) groups is 1. The monoisotopic (exact) mass is 435 g/mol. The Morgan fingerprint density at radius 1 is 1.03 bits per heavy atom. The minimum absolute atomic E-state index is 0.137. The van der Waals surface area contributed by atoms with Crippen molar-refractivity contribution in [3.63, 3.8) is 0 Å². The summed E-state index contributed by atoms with van der Waals surface area (Å²) in [4.78, 5) is 12.3. The lowest BCUT2D eigenvalue weighted by molar-refractivity contribution is -0.148. The van der Waals surface area contributed by atoms with Crippen LogP contribution in [-0.4, -0.2) is 31.6 Å². The van der Waals surface area contributed by atoms with Crippen LogP contribution in [0, 0.1) is 11.8 Å². The molecule has 3 unspecified atom stereocenters. The summed E-state index contributed by atoms with van der Waals surface area (Å²) in [6.45, 7) is 10.2. The minimum atomic E-state index is -1.19. The molecule has 0 bridgehead atoms. The highest BCUT2D eigenvalue weighted by atomic mass is 31.2. The Balaban J connectivity index is 1.83. The van der Waals surface area contributed by atoms with Crippen LogP contribution in [0.3, 0.4) is 0 Å². The number of hydrogen-bond donors (Lipinski definition) is 1. The number of methoxy groups -OCH3 is 1. The molecule has 30 heavy (non-hydrogen) atoms. The van der Waals surface area contributed by atoms with Gasteiger partial charge in [0.05, 0.1) is 6.10 Å². The fraction of sp³-hybridized carbons (Fsp3) is 0.708. The zero-order chi connectivity index (χ0) is 21.8. The quantitative estimate of drug-likeness (QED) is 0.325. The summed E-state index contributed by atoms with van der Waals surface area (Å²) in [5.41, 5.74) is 2.59. The van der Waals surface area contributed by atoms with Crippen molar-refractivity contribution in [3.8, 4) is 5.75 Å². The molecule has 0 radical (unpaired) electrons. The van der Waals surface area contributed by atoms with Crippen molar-refractivity contribution in [2.45, 2.75) is 84.3 Å². The van der Waals surface area contributed by atoms with E-state index in [2.05, 4.69) is 37.1 Å². The predicted octanol–water partition coefficient (Wildman–Crippen LogP) is 5.94. The topological polar surface area (TPSA) is 56.8 Å². The molecule has 3 rings (SSSR count). The summed E-state index contributed by atoms with van der Waals surface area (Å²) < 4.78 is 17.5. The van der Waals surface area contributed by atoms with E-state index in [9.17, 15) is 4.79 Å². The van der Waals surface area contributed by atoms with E-state index in [1.54, 1.807) is 7.11 Å². The Labute approximate surface area is 183 Å². The first kappa shape index (κ1) is 23.5. The van der Waals surface area contributed by atoms with E-state index in [1.165, 1.54) is 36.8 Å². The van der Waals surface area contributed by atoms with Gasteiger partial charge in [0.2, 0.25) is 0 Å². The summed E-state index contributed by atoms with van der Waals surface area (Å²) >= 11 is 0. The molecular weight excluding hydrogens is 397 g/mol. The number of esters is 1. The van der Waals surface area contributed by atoms with Crippen molar-refractivity contribution in [1.82, 2.24) is 5.09 Å². The maximum atomic E-state index is 12.3. The van der Waals surface area contributed by atoms with Crippen LogP contribution in [0.5, 0.6) is 5.75 Å². The van der Waals surface area contributed by atoms with E-state index in [0.717, 1.165) is 17.6 Å². The fourth-order valence-electron chi connectivity index (χ4n) is 4.02. The van der Waals surface area contributed by atoms with Crippen molar-refractivity contribution in [3.05, 3.63) is 29.3 Å². The second-order valence-electron chi connectivity index (χ2n) is 9.24. The molecule has 1 aromatic rings. The number of ether oxygens (including phenoxy) is 2. The van der Waals surface area contributed by atoms with Crippen molar-refractivity contribution >= 4 is 14.3 Å². The average Bonchev–Trinajstić information content (AvgIpc) is 3.59. The Morgan fingerprint density at radius 3 is 2.00 bits per heavy atom. The molecule has 0 heterocycles. The van der Waals surface area contributed by atoms with Crippen LogP contribution in [0.15, 0.2) is 18.2 Å². The van der Waals surface area contributed by atoms with Crippen molar-refractivity contribution < 1.29 is 18.8 Å². The lowest BCUT2D eigenvalue weighted by Gasteiger charge is -2.28. The number of para-hydroxylation sites is 1. The lowest BCUT2D eigenvalue weighted by atomic mass is 9.88. The maximum absolute atomic E-state index is 12.3. The van der Waals surface area contributed by atoms with Gasteiger partial charge in [-0.05, 0) is 81.3 Å². The van der Waals surface area contributed by atoms with Gasteiger partial charge in [0.25, 0.3) is 0 Å². The van der Waals surface area contributed by atoms with Gasteiger partial charge in [0, 0.05) is 7.11 Å². The Morgan fingerprint density at radius 2 is 1.57 bits per heavy atom. The molecule has 2 fully saturated rings. The second-order valence-corrected chi connectivity index (χ2v) is 10.7. The van der Waals surface area contributed by atoms with Gasteiger partial charge in [0.1, 0.15) is 18.1 Å². The Bertz CT molecular complexity index is 681. The van der Waals surface area contributed by atoms with Gasteiger partial charge >= 0.3 is 5.97 Å². The van der Waals surface area contributed by atoms with Gasteiger partial charge in [-0.3, -0.25) is 4.79 Å². The van der Waals surface area contributed by atoms with Gasteiger partial charge in [-0.1, -0.05) is 32.0 Å². The first-order chi connectivity index (χ1) is 14.3. The molecule has 168 valence electrons. The highest BCUT2D eigenvalue weighted by Crippen LogP contribution is 2.52. The van der Waals surface area contributed by atoms with Gasteiger partial charge < -0.3 is 14.0 Å². The van der Waals surface area contributed by atoms with Crippen LogP contribution in [0.25, 0.3) is 0 Å². The molecule has 0 aliphatic heterocycles. The van der Waals surface area contributed by atoms with Crippen LogP contribution in [0.4, 0.5) is 0 Å². The zero-order valence-electron chi connectivity index (χ0n) is 19.3. The van der Waals surface area contributed by atoms with Crippen molar-refractivity contribution in [2.24, 2.45) is 11.8 Å². The Hall–Kier alpha value is -1.16. The molecule has 0 aromatic heterocycles. The summed E-state index contributed by atoms with van der Waals surface area (Å²) in [5, 5.41) is 3.34. The minimum Gasteiger partial charge on any atom is -0.462 e. The summed E-state index contributed by atoms with van der Waals surface area (Å²) in [5.74, 6) is 3.21. The molecule has 2 aliphatic rings. The maximum Gasteiger partial charge on any atom is 0.323 e. The number of benzene rings is 1. The molecule has 2 aliphatic carbocycles. The van der Waals surface area contributed by atoms with Crippen LogP contribution >= 0.6 is 8.30 Å². The normalized spacial score (nSPS) is 20.5. The van der Waals surface area contributed by atoms with Crippen molar-refractivity contribution in [1.29, 1.82) is 0 Å². The predicted molar refractivity (Wildman–Crippen MR) is 122 cm³/mol. The van der Waals surface area contributed by atoms with Gasteiger partial charge in [-0.2, -0.15) is 0 Å². The highest BCUT2D eigenvalue weighted by Gasteiger charge is 2.35. The first-order valence-electron chi connectivity index (χ1n) is 11.4. The second kappa shape index (κ2) is 10.4. The molecular formula is C24H38NO4P. The number of rotatable bonds is 12. The number of carbonyl (C=O) groups excluding carboxylic acids is 1. The molecule has 0 amide bonds. The SMILES string of the molecule is COCP(NC(C)C(=O)OC(C)C)Oc1c(C(C)C2CC2)cccc1[C@H](C)C1CC1. The first-order valence-corrected chi connectivity index (χ1v) is 12.8. The van der Waals surface area contributed by atoms with Crippen LogP contribution in [0.2, 0.25) is 0 Å². The summed E-state index contributed by atoms with van der Waals surface area (Å²) in [6.07, 6.45) is 5.47. The fourth-order valence-corrected chi connectivity index (χ4v) is 5.40. The van der Waals surface area contributed by atoms with E-state index < -0.39 is 14.3 Å². The molecule has 4 atom stereocenters. The summed E-state index contributed by atoms with van der Waals surface area (Å²) in [6, 6.07) is 6.17. The van der Waals surface area contributed by atoms with Gasteiger partial charge in [0.15, 0.2) is 8.30 Å². The standard InChI is InChI=1S/C24H38NO4P/c1-15(2)28-24(26)18(5)25-30(14-27-6)29-23-21(16(3)19-10-11-19)8-7-9-22(23)17(4)20-12-13-20/h7-9,15-20,25H,10-14H2,1-6H3/t16-,17?,18?,30?/m1/s1. The van der Waals surface area contributed by atoms with Crippen LogP contribution < -0.4 is 9.61 Å². The molecule has 1 aromatic carbocycles. The summed E-state index contributed by atoms with van der Waals surface area (Å²) in [7, 11) is 0.484. The lowest BCUT2D eigenvalue weighted by Crippen LogP contribution is -2.35. The van der Waals surface area contributed by atoms with Gasteiger partial charge in [-0.25, -0.2) is 5.09 Å². The number of nitrogens with one attached hydrogen (secondary N) is 1. The molecule has 0 spiro atoms. The highest BCUT2D eigenvalue weighted by molar-refractivity contribution is 7.50. The van der Waals surface area contributed by atoms with Crippen molar-refractivity contribution in [2.75, 3.05) is 13.5 Å².